The molecule has 43 heavy (non-hydrogen) atoms. The van der Waals surface area contributed by atoms with Crippen LogP contribution in [0.2, 0.25) is 5.02 Å². The van der Waals surface area contributed by atoms with Crippen LogP contribution in [0.1, 0.15) is 31.0 Å². The number of halogens is 1. The fraction of sp³-hybridized carbons (Fsp3) is 0.188. The number of allylic oxidation sites excluding steroid dienone is 1. The highest BCUT2D eigenvalue weighted by atomic mass is 35.5. The van der Waals surface area contributed by atoms with Gasteiger partial charge in [-0.2, -0.15) is 0 Å². The molecule has 0 unspecified atom stereocenters. The second kappa shape index (κ2) is 13.1. The molecule has 0 fully saturated rings. The number of amides is 1. The van der Waals surface area contributed by atoms with Crippen LogP contribution in [-0.4, -0.2) is 36.8 Å². The lowest BCUT2D eigenvalue weighted by atomic mass is 9.96. The predicted octanol–water partition coefficient (Wildman–Crippen LogP) is 4.48. The summed E-state index contributed by atoms with van der Waals surface area (Å²) in [6.45, 7) is 3.44. The molecule has 2 heterocycles. The fourth-order valence-electron chi connectivity index (χ4n) is 4.68. The Bertz CT molecular complexity index is 1900. The first-order chi connectivity index (χ1) is 20.8. The van der Waals surface area contributed by atoms with Crippen molar-refractivity contribution in [1.29, 1.82) is 0 Å². The van der Waals surface area contributed by atoms with Crippen LogP contribution in [0, 0.1) is 0 Å². The maximum Gasteiger partial charge on any atom is 0.338 e. The highest BCUT2D eigenvalue weighted by Crippen LogP contribution is 2.34. The summed E-state index contributed by atoms with van der Waals surface area (Å²) in [5.41, 5.74) is 2.32. The number of anilines is 1. The zero-order chi connectivity index (χ0) is 30.5. The molecule has 0 saturated carbocycles. The van der Waals surface area contributed by atoms with E-state index in [1.165, 1.54) is 23.0 Å². The van der Waals surface area contributed by atoms with E-state index in [9.17, 15) is 14.4 Å². The van der Waals surface area contributed by atoms with Crippen molar-refractivity contribution in [2.75, 3.05) is 25.6 Å². The normalized spacial score (nSPS) is 14.5. The quantitative estimate of drug-likeness (QED) is 0.278. The van der Waals surface area contributed by atoms with E-state index in [0.717, 1.165) is 5.56 Å². The number of aromatic nitrogens is 1. The summed E-state index contributed by atoms with van der Waals surface area (Å²) in [6.07, 6.45) is 1.75. The van der Waals surface area contributed by atoms with Crippen molar-refractivity contribution in [3.05, 3.63) is 120 Å². The molecule has 0 bridgehead atoms. The van der Waals surface area contributed by atoms with Crippen molar-refractivity contribution in [2.24, 2.45) is 4.99 Å². The minimum Gasteiger partial charge on any atom is -0.495 e. The Balaban J connectivity index is 1.40. The third-order valence-corrected chi connectivity index (χ3v) is 7.97. The number of hydrogen-bond acceptors (Lipinski definition) is 8. The molecule has 220 valence electrons. The van der Waals surface area contributed by atoms with E-state index >= 15 is 0 Å². The molecule has 4 aromatic rings. The van der Waals surface area contributed by atoms with Crippen LogP contribution in [0.15, 0.2) is 93.9 Å². The van der Waals surface area contributed by atoms with Crippen molar-refractivity contribution < 1.29 is 23.8 Å². The van der Waals surface area contributed by atoms with Gasteiger partial charge in [0.15, 0.2) is 11.4 Å². The smallest absolute Gasteiger partial charge is 0.338 e. The number of para-hydroxylation sites is 2. The number of ether oxygens (including phenoxy) is 3. The average molecular weight is 618 g/mol. The van der Waals surface area contributed by atoms with E-state index in [-0.39, 0.29) is 30.3 Å². The highest BCUT2D eigenvalue weighted by molar-refractivity contribution is 7.07. The second-order valence-electron chi connectivity index (χ2n) is 9.43. The van der Waals surface area contributed by atoms with E-state index < -0.39 is 12.0 Å². The van der Waals surface area contributed by atoms with Gasteiger partial charge in [0.25, 0.3) is 11.5 Å². The Labute approximate surface area is 256 Å². The molecular formula is C32H28ClN3O6S. The molecule has 0 radical (unpaired) electrons. The minimum absolute atomic E-state index is 0.182. The van der Waals surface area contributed by atoms with Gasteiger partial charge in [-0.3, -0.25) is 14.2 Å². The minimum atomic E-state index is -0.788. The molecule has 0 saturated heterocycles. The summed E-state index contributed by atoms with van der Waals surface area (Å²) >= 11 is 7.77. The van der Waals surface area contributed by atoms with Gasteiger partial charge in [-0.05, 0) is 61.4 Å². The lowest BCUT2D eigenvalue weighted by molar-refractivity contribution is -0.139. The SMILES string of the molecule is CCOC(=O)C1=C(C)N=c2s/c(=C/c3ccc(OCC(=O)Nc4ccccc4OC)cc3)c(=O)n2[C@@H]1c1ccccc1Cl. The van der Waals surface area contributed by atoms with Crippen molar-refractivity contribution >= 4 is 46.6 Å². The zero-order valence-electron chi connectivity index (χ0n) is 23.6. The molecule has 5 rings (SSSR count). The summed E-state index contributed by atoms with van der Waals surface area (Å²) in [5.74, 6) is 0.161. The van der Waals surface area contributed by atoms with Crippen LogP contribution in [0.5, 0.6) is 11.5 Å². The van der Waals surface area contributed by atoms with Crippen molar-refractivity contribution in [3.63, 3.8) is 0 Å². The second-order valence-corrected chi connectivity index (χ2v) is 10.8. The predicted molar refractivity (Wildman–Crippen MR) is 165 cm³/mol. The molecule has 9 nitrogen and oxygen atoms in total. The number of carbonyl (C=O) groups excluding carboxylic acids is 2. The Morgan fingerprint density at radius 3 is 2.51 bits per heavy atom. The lowest BCUT2D eigenvalue weighted by Gasteiger charge is -2.25. The van der Waals surface area contributed by atoms with E-state index in [4.69, 9.17) is 25.8 Å². The monoisotopic (exact) mass is 617 g/mol. The Morgan fingerprint density at radius 2 is 1.79 bits per heavy atom. The molecule has 3 aromatic carbocycles. The number of rotatable bonds is 9. The van der Waals surface area contributed by atoms with Gasteiger partial charge < -0.3 is 19.5 Å². The molecule has 11 heteroatoms. The van der Waals surface area contributed by atoms with Gasteiger partial charge in [0.1, 0.15) is 17.5 Å². The summed E-state index contributed by atoms with van der Waals surface area (Å²) in [7, 11) is 1.53. The third-order valence-electron chi connectivity index (χ3n) is 6.65. The number of nitrogens with zero attached hydrogens (tertiary/aromatic N) is 2. The van der Waals surface area contributed by atoms with Crippen LogP contribution < -0.4 is 29.7 Å². The number of hydrogen-bond donors (Lipinski definition) is 1. The van der Waals surface area contributed by atoms with Gasteiger partial charge in [0.2, 0.25) is 0 Å². The van der Waals surface area contributed by atoms with Crippen LogP contribution in [0.4, 0.5) is 5.69 Å². The van der Waals surface area contributed by atoms with Crippen LogP contribution in [0.25, 0.3) is 6.08 Å². The molecular weight excluding hydrogens is 590 g/mol. The van der Waals surface area contributed by atoms with Crippen LogP contribution >= 0.6 is 22.9 Å². The van der Waals surface area contributed by atoms with Crippen molar-refractivity contribution in [2.45, 2.75) is 19.9 Å². The molecule has 1 N–H and O–H groups in total. The van der Waals surface area contributed by atoms with Gasteiger partial charge in [-0.1, -0.05) is 65.4 Å². The number of carbonyl (C=O) groups is 2. The van der Waals surface area contributed by atoms with Crippen LogP contribution in [-0.2, 0) is 14.3 Å². The molecule has 1 aliphatic heterocycles. The van der Waals surface area contributed by atoms with Crippen molar-refractivity contribution in [1.82, 2.24) is 4.57 Å². The summed E-state index contributed by atoms with van der Waals surface area (Å²) in [6, 6.07) is 20.4. The first-order valence-electron chi connectivity index (χ1n) is 13.4. The summed E-state index contributed by atoms with van der Waals surface area (Å²) < 4.78 is 18.1. The number of thiazole rings is 1. The maximum absolute atomic E-state index is 13.8. The largest absolute Gasteiger partial charge is 0.495 e. The summed E-state index contributed by atoms with van der Waals surface area (Å²) in [5, 5.41) is 3.19. The van der Waals surface area contributed by atoms with Crippen LogP contribution in [0.3, 0.4) is 0 Å². The first kappa shape index (κ1) is 29.8. The Hall–Kier alpha value is -4.67. The molecule has 1 aromatic heterocycles. The van der Waals surface area contributed by atoms with E-state index in [0.29, 0.717) is 42.8 Å². The molecule has 0 spiro atoms. The number of methoxy groups -OCH3 is 1. The summed E-state index contributed by atoms with van der Waals surface area (Å²) in [4.78, 5) is 44.2. The van der Waals surface area contributed by atoms with Gasteiger partial charge in [0.05, 0.1) is 35.2 Å². The standard InChI is InChI=1S/C32H28ClN3O6S/c1-4-41-31(39)28-19(2)34-32-36(29(28)22-9-5-6-10-23(22)33)30(38)26(43-32)17-20-13-15-21(16-14-20)42-18-27(37)35-24-11-7-8-12-25(24)40-3/h5-17,29H,4,18H2,1-3H3,(H,35,37)/b26-17+/t29-/m1/s1. The van der Waals surface area contributed by atoms with Gasteiger partial charge in [-0.15, -0.1) is 0 Å². The van der Waals surface area contributed by atoms with Crippen molar-refractivity contribution in [3.8, 4) is 11.5 Å². The zero-order valence-corrected chi connectivity index (χ0v) is 25.2. The Kier molecular flexibility index (Phi) is 9.08. The molecule has 1 aliphatic rings. The highest BCUT2D eigenvalue weighted by Gasteiger charge is 2.34. The molecule has 1 amide bonds. The fourth-order valence-corrected chi connectivity index (χ4v) is 5.96. The van der Waals surface area contributed by atoms with E-state index in [1.807, 2.05) is 6.07 Å². The Morgan fingerprint density at radius 1 is 1.07 bits per heavy atom. The number of benzene rings is 3. The van der Waals surface area contributed by atoms with E-state index in [1.54, 1.807) is 86.7 Å². The van der Waals surface area contributed by atoms with Gasteiger partial charge in [-0.25, -0.2) is 9.79 Å². The van der Waals surface area contributed by atoms with E-state index in [2.05, 4.69) is 10.3 Å². The number of esters is 1. The average Bonchev–Trinajstić information content (AvgIpc) is 3.30. The molecule has 0 aliphatic carbocycles. The molecule has 1 atom stereocenters. The topological polar surface area (TPSA) is 108 Å². The number of nitrogens with one attached hydrogen (secondary N) is 1. The van der Waals surface area contributed by atoms with Gasteiger partial charge in [0, 0.05) is 5.02 Å². The lowest BCUT2D eigenvalue weighted by Crippen LogP contribution is -2.40. The first-order valence-corrected chi connectivity index (χ1v) is 14.6. The maximum atomic E-state index is 13.8. The van der Waals surface area contributed by atoms with Gasteiger partial charge >= 0.3 is 5.97 Å². The third kappa shape index (κ3) is 6.40. The number of fused-ring (bicyclic) bond motifs is 1.